The summed E-state index contributed by atoms with van der Waals surface area (Å²) in [4.78, 5) is 22.1. The molecule has 1 amide bonds. The van der Waals surface area contributed by atoms with Crippen LogP contribution in [-0.4, -0.2) is 32.9 Å². The lowest BCUT2D eigenvalue weighted by Crippen LogP contribution is -2.25. The summed E-state index contributed by atoms with van der Waals surface area (Å²) >= 11 is 0. The molecule has 0 radical (unpaired) electrons. The van der Waals surface area contributed by atoms with Crippen molar-refractivity contribution in [2.24, 2.45) is 5.92 Å². The van der Waals surface area contributed by atoms with Gasteiger partial charge >= 0.3 is 0 Å². The minimum absolute atomic E-state index is 0.00139. The first kappa shape index (κ1) is 21.8. The maximum Gasteiger partial charge on any atom is 0.251 e. The molecule has 2 fully saturated rings. The van der Waals surface area contributed by atoms with E-state index in [0.29, 0.717) is 17.5 Å². The monoisotopic (exact) mass is 465 g/mol. The van der Waals surface area contributed by atoms with Crippen LogP contribution in [0.3, 0.4) is 0 Å². The Morgan fingerprint density at radius 2 is 1.71 bits per heavy atom. The molecule has 0 bridgehead atoms. The molecule has 2 N–H and O–H groups in total. The van der Waals surface area contributed by atoms with E-state index in [1.165, 1.54) is 18.4 Å². The Morgan fingerprint density at radius 3 is 2.37 bits per heavy atom. The zero-order valence-electron chi connectivity index (χ0n) is 20.3. The van der Waals surface area contributed by atoms with Gasteiger partial charge in [-0.15, -0.1) is 0 Å². The maximum absolute atomic E-state index is 12.4. The summed E-state index contributed by atoms with van der Waals surface area (Å²) in [6, 6.07) is 17.0. The molecule has 0 unspecified atom stereocenters. The Kier molecular flexibility index (Phi) is 5.51. The summed E-state index contributed by atoms with van der Waals surface area (Å²) in [7, 11) is 0. The number of amides is 1. The topological polar surface area (TPSA) is 71.3 Å². The number of rotatable bonds is 8. The predicted molar refractivity (Wildman–Crippen MR) is 140 cm³/mol. The summed E-state index contributed by atoms with van der Waals surface area (Å²) in [6.45, 7) is 5.19. The molecule has 6 nitrogen and oxygen atoms in total. The Morgan fingerprint density at radius 1 is 1.00 bits per heavy atom. The van der Waals surface area contributed by atoms with Crippen LogP contribution < -0.4 is 10.6 Å². The second kappa shape index (κ2) is 8.84. The van der Waals surface area contributed by atoms with Crippen LogP contribution in [0.4, 0.5) is 5.82 Å². The smallest absolute Gasteiger partial charge is 0.251 e. The first-order valence-corrected chi connectivity index (χ1v) is 12.7. The van der Waals surface area contributed by atoms with Crippen LogP contribution in [-0.2, 0) is 0 Å². The molecule has 2 aliphatic carbocycles. The molecule has 4 aromatic rings. The highest BCUT2D eigenvalue weighted by molar-refractivity contribution is 5.95. The van der Waals surface area contributed by atoms with Crippen molar-refractivity contribution >= 4 is 17.4 Å². The van der Waals surface area contributed by atoms with E-state index < -0.39 is 0 Å². The molecular formula is C29H31N5O. The fourth-order valence-corrected chi connectivity index (χ4v) is 4.39. The average molecular weight is 466 g/mol. The van der Waals surface area contributed by atoms with Gasteiger partial charge in [0.25, 0.3) is 5.91 Å². The van der Waals surface area contributed by atoms with Crippen molar-refractivity contribution in [1.82, 2.24) is 19.7 Å². The minimum atomic E-state index is -0.00139. The molecule has 2 heterocycles. The number of fused-ring (bicyclic) bond motifs is 1. The molecule has 6 rings (SSSR count). The van der Waals surface area contributed by atoms with Crippen molar-refractivity contribution in [3.63, 3.8) is 0 Å². The first-order chi connectivity index (χ1) is 17.0. The van der Waals surface area contributed by atoms with Gasteiger partial charge in [0, 0.05) is 35.5 Å². The third-order valence-corrected chi connectivity index (χ3v) is 6.78. The van der Waals surface area contributed by atoms with Gasteiger partial charge in [-0.1, -0.05) is 50.2 Å². The van der Waals surface area contributed by atoms with Gasteiger partial charge in [0.1, 0.15) is 0 Å². The van der Waals surface area contributed by atoms with Crippen molar-refractivity contribution < 1.29 is 4.79 Å². The highest BCUT2D eigenvalue weighted by atomic mass is 16.1. The van der Waals surface area contributed by atoms with Crippen molar-refractivity contribution in [2.45, 2.75) is 51.5 Å². The molecule has 0 aliphatic heterocycles. The van der Waals surface area contributed by atoms with E-state index in [4.69, 9.17) is 9.97 Å². The Hall–Kier alpha value is -3.67. The summed E-state index contributed by atoms with van der Waals surface area (Å²) in [5, 5.41) is 6.55. The van der Waals surface area contributed by atoms with Crippen LogP contribution in [0.25, 0.3) is 28.2 Å². The molecule has 35 heavy (non-hydrogen) atoms. The van der Waals surface area contributed by atoms with E-state index >= 15 is 0 Å². The summed E-state index contributed by atoms with van der Waals surface area (Å²) < 4.78 is 2.11. The number of nitrogens with one attached hydrogen (secondary N) is 2. The number of hydrogen-bond donors (Lipinski definition) is 2. The normalized spacial score (nSPS) is 15.5. The molecule has 2 aromatic heterocycles. The highest BCUT2D eigenvalue weighted by Crippen LogP contribution is 2.40. The minimum Gasteiger partial charge on any atom is -0.367 e. The number of carbonyl (C=O) groups excluding carboxylic acids is 1. The van der Waals surface area contributed by atoms with Gasteiger partial charge in [-0.05, 0) is 55.2 Å². The lowest BCUT2D eigenvalue weighted by Gasteiger charge is -2.13. The van der Waals surface area contributed by atoms with Crippen LogP contribution in [0.2, 0.25) is 0 Å². The van der Waals surface area contributed by atoms with E-state index in [-0.39, 0.29) is 5.91 Å². The number of benzene rings is 2. The van der Waals surface area contributed by atoms with Gasteiger partial charge in [-0.2, -0.15) is 0 Å². The van der Waals surface area contributed by atoms with E-state index in [1.807, 2.05) is 30.5 Å². The van der Waals surface area contributed by atoms with Crippen LogP contribution in [0.15, 0.2) is 60.9 Å². The molecule has 0 atom stereocenters. The second-order valence-electron chi connectivity index (χ2n) is 10.3. The van der Waals surface area contributed by atoms with E-state index in [0.717, 1.165) is 59.3 Å². The molecular weight excluding hydrogens is 434 g/mol. The summed E-state index contributed by atoms with van der Waals surface area (Å²) in [5.74, 6) is 2.01. The lowest BCUT2D eigenvalue weighted by molar-refractivity contribution is 0.0951. The van der Waals surface area contributed by atoms with Crippen LogP contribution in [0.1, 0.15) is 61.4 Å². The first-order valence-electron chi connectivity index (χ1n) is 12.7. The molecule has 6 heteroatoms. The van der Waals surface area contributed by atoms with Crippen LogP contribution in [0, 0.1) is 5.92 Å². The van der Waals surface area contributed by atoms with Gasteiger partial charge in [-0.3, -0.25) is 9.20 Å². The molecule has 2 aliphatic rings. The zero-order valence-corrected chi connectivity index (χ0v) is 20.3. The van der Waals surface area contributed by atoms with E-state index in [9.17, 15) is 4.79 Å². The van der Waals surface area contributed by atoms with Gasteiger partial charge in [-0.25, -0.2) is 9.97 Å². The van der Waals surface area contributed by atoms with Crippen molar-refractivity contribution in [1.29, 1.82) is 0 Å². The largest absolute Gasteiger partial charge is 0.367 e. The van der Waals surface area contributed by atoms with Crippen molar-refractivity contribution in [2.75, 3.05) is 11.9 Å². The quantitative estimate of drug-likeness (QED) is 0.340. The molecule has 2 saturated carbocycles. The van der Waals surface area contributed by atoms with Crippen molar-refractivity contribution in [3.8, 4) is 22.5 Å². The number of aromatic nitrogens is 3. The molecule has 2 aromatic carbocycles. The van der Waals surface area contributed by atoms with Gasteiger partial charge in [0.05, 0.1) is 17.6 Å². The number of anilines is 1. The second-order valence-corrected chi connectivity index (χ2v) is 10.3. The Labute approximate surface area is 205 Å². The molecule has 0 saturated heterocycles. The van der Waals surface area contributed by atoms with Gasteiger partial charge in [0.15, 0.2) is 11.5 Å². The molecule has 0 spiro atoms. The SMILES string of the molecule is CC(C)CNc1nc(-c2ccc(C3CC3)cc2)cn2c(-c3ccc(C(=O)NC4CC4)cc3)cnc12. The Balaban J connectivity index is 1.37. The fourth-order valence-electron chi connectivity index (χ4n) is 4.39. The number of nitrogens with zero attached hydrogens (tertiary/aromatic N) is 3. The summed E-state index contributed by atoms with van der Waals surface area (Å²) in [5.41, 5.74) is 6.89. The number of imidazole rings is 1. The predicted octanol–water partition coefficient (Wildman–Crippen LogP) is 5.90. The summed E-state index contributed by atoms with van der Waals surface area (Å²) in [6.07, 6.45) is 8.71. The highest BCUT2D eigenvalue weighted by Gasteiger charge is 2.24. The standard InChI is InChI=1S/C29H31N5O/c1-18(2)15-30-27-28-31-16-26(22-9-11-23(12-10-22)29(35)32-24-13-14-24)34(28)17-25(33-27)21-7-5-20(6-8-21)19-3-4-19/h5-12,16-19,24H,3-4,13-15H2,1-2H3,(H,30,33)(H,32,35). The van der Waals surface area contributed by atoms with Crippen LogP contribution >= 0.6 is 0 Å². The van der Waals surface area contributed by atoms with Gasteiger partial charge in [0.2, 0.25) is 0 Å². The van der Waals surface area contributed by atoms with Gasteiger partial charge < -0.3 is 10.6 Å². The number of carbonyl (C=O) groups is 1. The zero-order chi connectivity index (χ0) is 23.9. The Bertz CT molecular complexity index is 1360. The number of hydrogen-bond acceptors (Lipinski definition) is 4. The van der Waals surface area contributed by atoms with E-state index in [1.54, 1.807) is 0 Å². The third kappa shape index (κ3) is 4.65. The lowest BCUT2D eigenvalue weighted by atomic mass is 10.1. The maximum atomic E-state index is 12.4. The molecule has 178 valence electrons. The third-order valence-electron chi connectivity index (χ3n) is 6.78. The van der Waals surface area contributed by atoms with Crippen molar-refractivity contribution in [3.05, 3.63) is 72.1 Å². The van der Waals surface area contributed by atoms with Crippen LogP contribution in [0.5, 0.6) is 0 Å². The van der Waals surface area contributed by atoms with E-state index in [2.05, 4.69) is 59.3 Å². The average Bonchev–Trinajstić information content (AvgIpc) is 3.81. The fraction of sp³-hybridized carbons (Fsp3) is 0.345.